The lowest BCUT2D eigenvalue weighted by Crippen LogP contribution is -2.46. The monoisotopic (exact) mass is 1580 g/mol. The first-order valence-electron chi connectivity index (χ1n) is 43.2. The Bertz CT molecular complexity index is 3980. The normalized spacial score (nSPS) is 12.6. The van der Waals surface area contributed by atoms with Crippen molar-refractivity contribution >= 4 is 50.3 Å². The highest BCUT2D eigenvalue weighted by atomic mass is 32.2. The molecule has 1 aliphatic rings. The van der Waals surface area contributed by atoms with Gasteiger partial charge in [-0.2, -0.15) is 29.9 Å². The summed E-state index contributed by atoms with van der Waals surface area (Å²) < 4.78 is 79.1. The molecule has 2 aromatic heterocycles. The Morgan fingerprint density at radius 2 is 0.754 bits per heavy atom. The van der Waals surface area contributed by atoms with Crippen molar-refractivity contribution in [1.29, 1.82) is 0 Å². The molecule has 0 saturated carbocycles. The number of unbranched alkanes of at least 4 members (excludes halogenated alkanes) is 28. The third-order valence-electron chi connectivity index (χ3n) is 21.9. The standard InChI is InChI=1S/C92H134N12O9S/c1-7-11-15-19-23-27-31-35-63-108-77-53-45-73(46-54-77)91(71-113-90-100-86(94)98-88(102-90)104-61-67-107-68-62-104,74-47-55-78(56-48-74)109-64-36-32-28-24-20-16-12-8-2)69-95-87-97-85(93)99-89(101-87)112-72-92(75-49-57-79(58-50-75)110-65-37-33-29-25-21-17-13-9-3,76-51-59-80(60-52-76)111-66-38-34-30-26-22-18-14-10-4)70-96-114(105,106)84-44-40-41-81-82(84)42-39-43-83(81)103(5)6/h39-60,96H,7-38,61-72H2,1-6H3,(H2,94,98,100,102)(H3,93,95,97,99,101). The quantitative estimate of drug-likeness (QED) is 0.0258. The van der Waals surface area contributed by atoms with Crippen molar-refractivity contribution in [3.05, 3.63) is 156 Å². The molecule has 0 aliphatic carbocycles. The minimum atomic E-state index is -4.26. The van der Waals surface area contributed by atoms with E-state index < -0.39 is 20.9 Å². The van der Waals surface area contributed by atoms with Crippen LogP contribution in [0.3, 0.4) is 0 Å². The zero-order valence-corrected chi connectivity index (χ0v) is 70.4. The molecule has 1 fully saturated rings. The lowest BCUT2D eigenvalue weighted by atomic mass is 9.74. The Morgan fingerprint density at radius 3 is 1.15 bits per heavy atom. The van der Waals surface area contributed by atoms with Gasteiger partial charge in [0.25, 0.3) is 0 Å². The number of benzene rings is 6. The van der Waals surface area contributed by atoms with Gasteiger partial charge in [0.15, 0.2) is 0 Å². The van der Waals surface area contributed by atoms with Gasteiger partial charge in [0.1, 0.15) is 36.2 Å². The van der Waals surface area contributed by atoms with E-state index in [4.69, 9.17) is 59.6 Å². The smallest absolute Gasteiger partial charge is 0.323 e. The fourth-order valence-electron chi connectivity index (χ4n) is 15.0. The molecule has 22 heteroatoms. The molecule has 0 unspecified atom stereocenters. The Labute approximate surface area is 682 Å². The third-order valence-corrected chi connectivity index (χ3v) is 23.3. The minimum Gasteiger partial charge on any atom is -0.494 e. The van der Waals surface area contributed by atoms with E-state index in [2.05, 4.69) is 77.0 Å². The molecule has 6 N–H and O–H groups in total. The zero-order chi connectivity index (χ0) is 80.3. The summed E-state index contributed by atoms with van der Waals surface area (Å²) in [5, 5.41) is 4.98. The number of nitrogens with one attached hydrogen (secondary N) is 2. The first-order chi connectivity index (χ1) is 55.8. The number of aromatic nitrogens is 6. The molecule has 622 valence electrons. The highest BCUT2D eigenvalue weighted by Crippen LogP contribution is 2.40. The van der Waals surface area contributed by atoms with Crippen LogP contribution < -0.4 is 59.7 Å². The van der Waals surface area contributed by atoms with E-state index in [-0.39, 0.29) is 61.1 Å². The Morgan fingerprint density at radius 1 is 0.404 bits per heavy atom. The van der Waals surface area contributed by atoms with Crippen LogP contribution >= 0.6 is 0 Å². The summed E-state index contributed by atoms with van der Waals surface area (Å²) in [5.41, 5.74) is 15.0. The summed E-state index contributed by atoms with van der Waals surface area (Å²) in [6.45, 7) is 13.3. The first kappa shape index (κ1) is 89.2. The molecule has 8 aromatic rings. The average molecular weight is 1580 g/mol. The maximum absolute atomic E-state index is 15.3. The van der Waals surface area contributed by atoms with Crippen LogP contribution in [0.25, 0.3) is 10.8 Å². The van der Waals surface area contributed by atoms with Crippen LogP contribution in [0, 0.1) is 0 Å². The molecule has 0 spiro atoms. The predicted octanol–water partition coefficient (Wildman–Crippen LogP) is 20.2. The van der Waals surface area contributed by atoms with Crippen LogP contribution in [0.15, 0.2) is 138 Å². The number of nitrogen functional groups attached to an aromatic ring is 2. The van der Waals surface area contributed by atoms with Crippen LogP contribution in [0.2, 0.25) is 0 Å². The summed E-state index contributed by atoms with van der Waals surface area (Å²) in [6.07, 6.45) is 38.1. The van der Waals surface area contributed by atoms with E-state index in [9.17, 15) is 0 Å². The van der Waals surface area contributed by atoms with E-state index in [1.165, 1.54) is 154 Å². The van der Waals surface area contributed by atoms with Gasteiger partial charge < -0.3 is 59.7 Å². The molecule has 1 aliphatic heterocycles. The highest BCUT2D eigenvalue weighted by Gasteiger charge is 2.40. The molecule has 0 bridgehead atoms. The van der Waals surface area contributed by atoms with Crippen molar-refractivity contribution in [2.45, 2.75) is 249 Å². The van der Waals surface area contributed by atoms with E-state index in [0.717, 1.165) is 96.2 Å². The molecule has 114 heavy (non-hydrogen) atoms. The van der Waals surface area contributed by atoms with Gasteiger partial charge in [0, 0.05) is 56.7 Å². The predicted molar refractivity (Wildman–Crippen MR) is 464 cm³/mol. The van der Waals surface area contributed by atoms with Gasteiger partial charge in [-0.05, 0) is 109 Å². The number of morpholine rings is 1. The van der Waals surface area contributed by atoms with E-state index in [1.807, 2.05) is 121 Å². The molecule has 21 nitrogen and oxygen atoms in total. The van der Waals surface area contributed by atoms with Crippen molar-refractivity contribution in [3.63, 3.8) is 0 Å². The van der Waals surface area contributed by atoms with Gasteiger partial charge in [-0.15, -0.1) is 0 Å². The third kappa shape index (κ3) is 28.6. The number of nitrogens with zero attached hydrogens (tertiary/aromatic N) is 8. The van der Waals surface area contributed by atoms with E-state index in [0.29, 0.717) is 75.6 Å². The van der Waals surface area contributed by atoms with Gasteiger partial charge in [0.2, 0.25) is 33.8 Å². The largest absolute Gasteiger partial charge is 0.494 e. The number of hydrogen-bond donors (Lipinski definition) is 4. The van der Waals surface area contributed by atoms with Crippen molar-refractivity contribution in [1.82, 2.24) is 34.6 Å². The summed E-state index contributed by atoms with van der Waals surface area (Å²) in [4.78, 5) is 32.4. The topological polar surface area (TPSA) is 259 Å². The van der Waals surface area contributed by atoms with Crippen LogP contribution in [0.5, 0.6) is 35.0 Å². The molecule has 9 rings (SSSR count). The van der Waals surface area contributed by atoms with E-state index in [1.54, 1.807) is 12.1 Å². The Kier molecular flexibility index (Phi) is 38.5. The van der Waals surface area contributed by atoms with Crippen molar-refractivity contribution in [3.8, 4) is 35.0 Å². The van der Waals surface area contributed by atoms with Crippen LogP contribution in [-0.4, -0.2) is 131 Å². The zero-order valence-electron chi connectivity index (χ0n) is 69.6. The summed E-state index contributed by atoms with van der Waals surface area (Å²) in [5.74, 6) is 3.28. The van der Waals surface area contributed by atoms with Gasteiger partial charge in [0.05, 0.1) is 55.4 Å². The number of fused-ring (bicyclic) bond motifs is 1. The van der Waals surface area contributed by atoms with Crippen LogP contribution in [0.4, 0.5) is 29.5 Å². The second-order valence-corrected chi connectivity index (χ2v) is 32.7. The summed E-state index contributed by atoms with van der Waals surface area (Å²) >= 11 is 0. The first-order valence-corrected chi connectivity index (χ1v) is 44.7. The van der Waals surface area contributed by atoms with Gasteiger partial charge in [-0.3, -0.25) is 0 Å². The summed E-state index contributed by atoms with van der Waals surface area (Å²) in [6, 6.07) is 43.1. The number of anilines is 5. The molecule has 1 saturated heterocycles. The number of nitrogens with two attached hydrogens (primary N) is 2. The lowest BCUT2D eigenvalue weighted by Gasteiger charge is -2.35. The fraction of sp³-hybridized carbons (Fsp3) is 0.565. The average Bonchev–Trinajstić information content (AvgIpc) is 0.772. The molecule has 3 heterocycles. The van der Waals surface area contributed by atoms with Gasteiger partial charge >= 0.3 is 12.0 Å². The van der Waals surface area contributed by atoms with Gasteiger partial charge in [-0.1, -0.05) is 280 Å². The maximum atomic E-state index is 15.3. The van der Waals surface area contributed by atoms with E-state index >= 15 is 8.42 Å². The molecule has 0 radical (unpaired) electrons. The molecule has 0 amide bonds. The SMILES string of the molecule is CCCCCCCCCCOc1ccc(C(CNS(=O)(=O)c2cccc3c(N(C)C)cccc23)(COc2nc(N)nc(NCC(COc3nc(N)nc(N4CCOCC4)n3)(c3ccc(OCCCCCCCCCC)cc3)c3ccc(OCCCCCCCCCC)cc3)n2)c2ccc(OCCCCCCCCCC)cc2)cc1. The van der Waals surface area contributed by atoms with Crippen LogP contribution in [-0.2, 0) is 25.6 Å². The lowest BCUT2D eigenvalue weighted by molar-refractivity contribution is 0.122. The van der Waals surface area contributed by atoms with Gasteiger partial charge in [-0.25, -0.2) is 13.1 Å². The number of ether oxygens (including phenoxy) is 7. The Hall–Kier alpha value is -8.73. The molecular weight excluding hydrogens is 1450 g/mol. The second kappa shape index (κ2) is 49.2. The van der Waals surface area contributed by atoms with Crippen LogP contribution in [0.1, 0.15) is 255 Å². The number of rotatable bonds is 59. The molecular formula is C92H134N12O9S. The molecule has 0 atom stereocenters. The second-order valence-electron chi connectivity index (χ2n) is 31.0. The van der Waals surface area contributed by atoms with Crippen molar-refractivity contribution in [2.75, 3.05) is 120 Å². The Balaban J connectivity index is 1.07. The maximum Gasteiger partial charge on any atom is 0.323 e. The fourth-order valence-corrected chi connectivity index (χ4v) is 16.3. The van der Waals surface area contributed by atoms with Crippen molar-refractivity contribution in [2.24, 2.45) is 0 Å². The number of hydrogen-bond acceptors (Lipinski definition) is 20. The minimum absolute atomic E-state index is 0.0186. The van der Waals surface area contributed by atoms with Crippen molar-refractivity contribution < 1.29 is 41.6 Å². The summed E-state index contributed by atoms with van der Waals surface area (Å²) in [7, 11) is -0.362. The highest BCUT2D eigenvalue weighted by molar-refractivity contribution is 7.89. The number of sulfonamides is 1. The molecule has 6 aromatic carbocycles.